The monoisotopic (exact) mass is 270 g/mol. The van der Waals surface area contributed by atoms with Gasteiger partial charge >= 0.3 is 0 Å². The van der Waals surface area contributed by atoms with E-state index in [1.54, 1.807) is 0 Å². The van der Waals surface area contributed by atoms with E-state index in [0.717, 1.165) is 6.42 Å². The van der Waals surface area contributed by atoms with Crippen LogP contribution in [-0.4, -0.2) is 0 Å². The third kappa shape index (κ3) is 1.68. The van der Waals surface area contributed by atoms with E-state index in [4.69, 9.17) is 0 Å². The minimum Gasteiger partial charge on any atom is -0.0836 e. The summed E-state index contributed by atoms with van der Waals surface area (Å²) in [4.78, 5) is 0. The Bertz CT molecular complexity index is 749. The molecule has 0 N–H and O–H groups in total. The Balaban J connectivity index is 1.72. The number of allylic oxidation sites excluding steroid dienone is 2. The Hall–Kier alpha value is -2.08. The molecule has 0 unspecified atom stereocenters. The summed E-state index contributed by atoms with van der Waals surface area (Å²) < 4.78 is 0. The molecule has 0 aliphatic heterocycles. The number of hydrogen-bond donors (Lipinski definition) is 0. The SMILES string of the molecule is C1=Cc2cc3c(cc2CC1)Cc1cc2c(cc1-3)C=CCC2. The average molecular weight is 270 g/mol. The lowest BCUT2D eigenvalue weighted by Crippen LogP contribution is -1.96. The van der Waals surface area contributed by atoms with E-state index in [-0.39, 0.29) is 0 Å². The van der Waals surface area contributed by atoms with Gasteiger partial charge in [0.25, 0.3) is 0 Å². The topological polar surface area (TPSA) is 0 Å². The van der Waals surface area contributed by atoms with Gasteiger partial charge in [0.05, 0.1) is 0 Å². The van der Waals surface area contributed by atoms with Crippen LogP contribution in [0.3, 0.4) is 0 Å². The number of hydrogen-bond acceptors (Lipinski definition) is 0. The normalized spacial score (nSPS) is 17.1. The highest BCUT2D eigenvalue weighted by Crippen LogP contribution is 2.41. The van der Waals surface area contributed by atoms with Crippen molar-refractivity contribution in [2.45, 2.75) is 32.1 Å². The molecule has 0 amide bonds. The van der Waals surface area contributed by atoms with Crippen molar-refractivity contribution in [3.05, 3.63) is 69.8 Å². The van der Waals surface area contributed by atoms with Crippen LogP contribution >= 0.6 is 0 Å². The van der Waals surface area contributed by atoms with Crippen LogP contribution < -0.4 is 0 Å². The van der Waals surface area contributed by atoms with Gasteiger partial charge in [-0.05, 0) is 88.7 Å². The molecule has 21 heavy (non-hydrogen) atoms. The molecule has 0 heterocycles. The summed E-state index contributed by atoms with van der Waals surface area (Å²) in [5.41, 5.74) is 11.9. The van der Waals surface area contributed by atoms with E-state index in [1.165, 1.54) is 70.2 Å². The molecule has 102 valence electrons. The zero-order valence-electron chi connectivity index (χ0n) is 12.2. The molecule has 0 atom stereocenters. The van der Waals surface area contributed by atoms with Crippen LogP contribution in [0, 0.1) is 0 Å². The summed E-state index contributed by atoms with van der Waals surface area (Å²) >= 11 is 0. The van der Waals surface area contributed by atoms with Crippen LogP contribution in [0.4, 0.5) is 0 Å². The van der Waals surface area contributed by atoms with Gasteiger partial charge in [-0.2, -0.15) is 0 Å². The minimum absolute atomic E-state index is 1.12. The zero-order chi connectivity index (χ0) is 13.8. The molecule has 0 saturated heterocycles. The van der Waals surface area contributed by atoms with Crippen LogP contribution in [0.1, 0.15) is 46.2 Å². The standard InChI is InChI=1S/C21H18/c1-3-7-16-12-20-18(9-14(16)5-1)11-19-10-15-6-2-4-8-17(15)13-21(19)20/h3-4,7-10,12-13H,1-2,5-6,11H2. The minimum atomic E-state index is 1.12. The van der Waals surface area contributed by atoms with Crippen LogP contribution in [0.15, 0.2) is 36.4 Å². The molecule has 0 heteroatoms. The third-order valence-corrected chi connectivity index (χ3v) is 5.16. The van der Waals surface area contributed by atoms with E-state index in [1.807, 2.05) is 0 Å². The lowest BCUT2D eigenvalue weighted by Gasteiger charge is -2.14. The fourth-order valence-electron chi connectivity index (χ4n) is 4.07. The molecule has 0 fully saturated rings. The van der Waals surface area contributed by atoms with Crippen LogP contribution in [-0.2, 0) is 19.3 Å². The molecule has 5 rings (SSSR count). The summed E-state index contributed by atoms with van der Waals surface area (Å²) in [6.07, 6.45) is 15.1. The summed E-state index contributed by atoms with van der Waals surface area (Å²) in [6, 6.07) is 9.77. The van der Waals surface area contributed by atoms with Gasteiger partial charge in [-0.15, -0.1) is 0 Å². The van der Waals surface area contributed by atoms with Gasteiger partial charge in [0.2, 0.25) is 0 Å². The molecule has 2 aromatic rings. The predicted octanol–water partition coefficient (Wildman–Crippen LogP) is 5.18. The van der Waals surface area contributed by atoms with Gasteiger partial charge in [0.1, 0.15) is 0 Å². The highest BCUT2D eigenvalue weighted by atomic mass is 14.3. The average Bonchev–Trinajstić information content (AvgIpc) is 2.87. The maximum Gasteiger partial charge on any atom is -0.00132 e. The van der Waals surface area contributed by atoms with Crippen LogP contribution in [0.5, 0.6) is 0 Å². The Morgan fingerprint density at radius 1 is 0.571 bits per heavy atom. The van der Waals surface area contributed by atoms with Crippen molar-refractivity contribution in [3.8, 4) is 11.1 Å². The maximum atomic E-state index is 2.46. The molecular formula is C21H18. The summed E-state index contributed by atoms with van der Waals surface area (Å²) in [5, 5.41) is 0. The predicted molar refractivity (Wildman–Crippen MR) is 89.4 cm³/mol. The Labute approximate surface area is 125 Å². The first-order chi connectivity index (χ1) is 10.4. The highest BCUT2D eigenvalue weighted by Gasteiger charge is 2.22. The summed E-state index contributed by atoms with van der Waals surface area (Å²) in [7, 11) is 0. The van der Waals surface area contributed by atoms with Gasteiger partial charge in [-0.25, -0.2) is 0 Å². The molecule has 0 radical (unpaired) electrons. The van der Waals surface area contributed by atoms with Crippen molar-refractivity contribution >= 4 is 12.2 Å². The Morgan fingerprint density at radius 2 is 1.10 bits per heavy atom. The van der Waals surface area contributed by atoms with Crippen molar-refractivity contribution in [1.29, 1.82) is 0 Å². The summed E-state index contributed by atoms with van der Waals surface area (Å²) in [6.45, 7) is 0. The van der Waals surface area contributed by atoms with Crippen LogP contribution in [0.2, 0.25) is 0 Å². The highest BCUT2D eigenvalue weighted by molar-refractivity contribution is 5.82. The van der Waals surface area contributed by atoms with Crippen molar-refractivity contribution in [3.63, 3.8) is 0 Å². The van der Waals surface area contributed by atoms with Gasteiger partial charge in [0.15, 0.2) is 0 Å². The number of aryl methyl sites for hydroxylation is 2. The number of rotatable bonds is 0. The van der Waals surface area contributed by atoms with Crippen molar-refractivity contribution in [2.24, 2.45) is 0 Å². The largest absolute Gasteiger partial charge is 0.0836 e. The molecule has 3 aliphatic rings. The third-order valence-electron chi connectivity index (χ3n) is 5.16. The second-order valence-corrected chi connectivity index (χ2v) is 6.48. The van der Waals surface area contributed by atoms with E-state index < -0.39 is 0 Å². The molecule has 0 nitrogen and oxygen atoms in total. The number of fused-ring (bicyclic) bond motifs is 5. The van der Waals surface area contributed by atoms with Crippen molar-refractivity contribution < 1.29 is 0 Å². The Kier molecular flexibility index (Phi) is 2.32. The molecule has 0 aromatic heterocycles. The fraction of sp³-hybridized carbons (Fsp3) is 0.238. The molecular weight excluding hydrogens is 252 g/mol. The van der Waals surface area contributed by atoms with Crippen LogP contribution in [0.25, 0.3) is 23.3 Å². The van der Waals surface area contributed by atoms with E-state index in [0.29, 0.717) is 0 Å². The van der Waals surface area contributed by atoms with E-state index in [9.17, 15) is 0 Å². The Morgan fingerprint density at radius 3 is 1.62 bits per heavy atom. The first-order valence-corrected chi connectivity index (χ1v) is 8.03. The summed E-state index contributed by atoms with van der Waals surface area (Å²) in [5.74, 6) is 0. The molecule has 0 spiro atoms. The zero-order valence-corrected chi connectivity index (χ0v) is 12.2. The first kappa shape index (κ1) is 11.6. The second-order valence-electron chi connectivity index (χ2n) is 6.48. The molecule has 0 bridgehead atoms. The van der Waals surface area contributed by atoms with E-state index in [2.05, 4.69) is 48.6 Å². The van der Waals surface area contributed by atoms with Gasteiger partial charge < -0.3 is 0 Å². The first-order valence-electron chi connectivity index (χ1n) is 8.03. The number of benzene rings is 2. The molecule has 0 saturated carbocycles. The van der Waals surface area contributed by atoms with Crippen molar-refractivity contribution in [2.75, 3.05) is 0 Å². The van der Waals surface area contributed by atoms with Gasteiger partial charge in [0, 0.05) is 0 Å². The lowest BCUT2D eigenvalue weighted by molar-refractivity contribution is 0.978. The maximum absolute atomic E-state index is 2.46. The second kappa shape index (κ2) is 4.21. The van der Waals surface area contributed by atoms with E-state index >= 15 is 0 Å². The lowest BCUT2D eigenvalue weighted by atomic mass is 9.90. The molecule has 3 aliphatic carbocycles. The smallest absolute Gasteiger partial charge is 0.00132 e. The van der Waals surface area contributed by atoms with Crippen molar-refractivity contribution in [1.82, 2.24) is 0 Å². The quantitative estimate of drug-likeness (QED) is 0.528. The fourth-order valence-corrected chi connectivity index (χ4v) is 4.07. The van der Waals surface area contributed by atoms with Gasteiger partial charge in [-0.1, -0.05) is 36.4 Å². The van der Waals surface area contributed by atoms with Gasteiger partial charge in [-0.3, -0.25) is 0 Å². The molecule has 2 aromatic carbocycles.